The van der Waals surface area contributed by atoms with Crippen molar-refractivity contribution in [2.24, 2.45) is 5.41 Å². The van der Waals surface area contributed by atoms with Crippen molar-refractivity contribution in [3.05, 3.63) is 18.5 Å². The topological polar surface area (TPSA) is 88.7 Å². The summed E-state index contributed by atoms with van der Waals surface area (Å²) in [5, 5.41) is 9.28. The van der Waals surface area contributed by atoms with Crippen LogP contribution in [0.1, 0.15) is 27.2 Å². The van der Waals surface area contributed by atoms with Crippen LogP contribution in [-0.4, -0.2) is 33.4 Å². The van der Waals surface area contributed by atoms with Crippen LogP contribution in [0.3, 0.4) is 0 Å². The Morgan fingerprint density at radius 3 is 2.68 bits per heavy atom. The molecule has 0 aliphatic carbocycles. The lowest BCUT2D eigenvalue weighted by Gasteiger charge is -2.57. The molecule has 0 bridgehead atoms. The molecular weight excluding hydrogens is 246 g/mol. The molecule has 19 heavy (non-hydrogen) atoms. The van der Waals surface area contributed by atoms with Crippen LogP contribution in [0.15, 0.2) is 18.5 Å². The lowest BCUT2D eigenvalue weighted by atomic mass is 9.75. The first-order chi connectivity index (χ1) is 8.78. The van der Waals surface area contributed by atoms with Gasteiger partial charge in [-0.3, -0.25) is 9.88 Å². The SMILES string of the molecule is CC(C)(C)C1(Oc2ccncc2N)CCN1C(=O)O. The van der Waals surface area contributed by atoms with E-state index in [4.69, 9.17) is 10.5 Å². The van der Waals surface area contributed by atoms with E-state index in [0.29, 0.717) is 24.4 Å². The fourth-order valence-electron chi connectivity index (χ4n) is 2.38. The van der Waals surface area contributed by atoms with Gasteiger partial charge in [0.2, 0.25) is 0 Å². The van der Waals surface area contributed by atoms with Gasteiger partial charge < -0.3 is 15.6 Å². The van der Waals surface area contributed by atoms with E-state index in [9.17, 15) is 9.90 Å². The maximum atomic E-state index is 11.3. The van der Waals surface area contributed by atoms with Crippen molar-refractivity contribution in [2.75, 3.05) is 12.3 Å². The van der Waals surface area contributed by atoms with Crippen LogP contribution < -0.4 is 10.5 Å². The van der Waals surface area contributed by atoms with Gasteiger partial charge in [0.05, 0.1) is 11.9 Å². The minimum Gasteiger partial charge on any atom is -0.465 e. The Kier molecular flexibility index (Phi) is 3.04. The molecule has 6 heteroatoms. The average molecular weight is 265 g/mol. The van der Waals surface area contributed by atoms with Gasteiger partial charge in [0.15, 0.2) is 5.72 Å². The molecule has 0 spiro atoms. The molecule has 1 saturated heterocycles. The number of hydrogen-bond donors (Lipinski definition) is 2. The second-order valence-corrected chi connectivity index (χ2v) is 5.73. The molecule has 1 aliphatic rings. The van der Waals surface area contributed by atoms with Gasteiger partial charge in [-0.25, -0.2) is 4.79 Å². The van der Waals surface area contributed by atoms with Crippen LogP contribution in [0.4, 0.5) is 10.5 Å². The summed E-state index contributed by atoms with van der Waals surface area (Å²) in [6.07, 6.45) is 2.74. The Morgan fingerprint density at radius 2 is 2.26 bits per heavy atom. The van der Waals surface area contributed by atoms with Gasteiger partial charge in [-0.2, -0.15) is 0 Å². The van der Waals surface area contributed by atoms with Gasteiger partial charge in [0.25, 0.3) is 0 Å². The highest BCUT2D eigenvalue weighted by atomic mass is 16.5. The number of carbonyl (C=O) groups is 1. The number of nitrogens with two attached hydrogens (primary N) is 1. The van der Waals surface area contributed by atoms with E-state index in [1.165, 1.54) is 11.1 Å². The van der Waals surface area contributed by atoms with Gasteiger partial charge in [0.1, 0.15) is 5.75 Å². The molecule has 2 rings (SSSR count). The van der Waals surface area contributed by atoms with Crippen molar-refractivity contribution in [1.82, 2.24) is 9.88 Å². The molecule has 6 nitrogen and oxygen atoms in total. The number of carboxylic acid groups (broad SMARTS) is 1. The molecule has 1 unspecified atom stereocenters. The highest BCUT2D eigenvalue weighted by molar-refractivity contribution is 5.67. The molecule has 0 radical (unpaired) electrons. The molecule has 1 fully saturated rings. The molecule has 1 aliphatic heterocycles. The number of amides is 1. The molecule has 1 aromatic rings. The Morgan fingerprint density at radius 1 is 1.58 bits per heavy atom. The first kappa shape index (κ1) is 13.5. The number of aromatic nitrogens is 1. The predicted octanol–water partition coefficient (Wildman–Crippen LogP) is 2.17. The first-order valence-corrected chi connectivity index (χ1v) is 6.17. The van der Waals surface area contributed by atoms with E-state index in [0.717, 1.165) is 0 Å². The van der Waals surface area contributed by atoms with E-state index >= 15 is 0 Å². The zero-order valence-electron chi connectivity index (χ0n) is 11.4. The van der Waals surface area contributed by atoms with Crippen LogP contribution in [-0.2, 0) is 0 Å². The third-order valence-corrected chi connectivity index (χ3v) is 3.60. The van der Waals surface area contributed by atoms with E-state index in [1.807, 2.05) is 20.8 Å². The lowest BCUT2D eigenvalue weighted by Crippen LogP contribution is -2.71. The monoisotopic (exact) mass is 265 g/mol. The summed E-state index contributed by atoms with van der Waals surface area (Å²) in [6, 6.07) is 1.65. The van der Waals surface area contributed by atoms with E-state index in [2.05, 4.69) is 4.98 Å². The number of anilines is 1. The number of nitrogen functional groups attached to an aromatic ring is 1. The predicted molar refractivity (Wildman–Crippen MR) is 70.8 cm³/mol. The van der Waals surface area contributed by atoms with Crippen LogP contribution in [0.25, 0.3) is 0 Å². The molecule has 1 atom stereocenters. The summed E-state index contributed by atoms with van der Waals surface area (Å²) in [6.45, 7) is 6.34. The fourth-order valence-corrected chi connectivity index (χ4v) is 2.38. The third-order valence-electron chi connectivity index (χ3n) is 3.60. The average Bonchev–Trinajstić information content (AvgIpc) is 2.23. The zero-order chi connectivity index (χ0) is 14.3. The molecule has 104 valence electrons. The summed E-state index contributed by atoms with van der Waals surface area (Å²) < 4.78 is 5.99. The highest BCUT2D eigenvalue weighted by Crippen LogP contribution is 2.47. The summed E-state index contributed by atoms with van der Waals surface area (Å²) in [5.41, 5.74) is 4.98. The van der Waals surface area contributed by atoms with Crippen molar-refractivity contribution >= 4 is 11.8 Å². The molecular formula is C13H19N3O3. The zero-order valence-corrected chi connectivity index (χ0v) is 11.4. The Hall–Kier alpha value is -1.98. The van der Waals surface area contributed by atoms with Crippen molar-refractivity contribution in [3.63, 3.8) is 0 Å². The minimum atomic E-state index is -0.978. The maximum absolute atomic E-state index is 11.3. The van der Waals surface area contributed by atoms with Crippen LogP contribution >= 0.6 is 0 Å². The number of likely N-dealkylation sites (tertiary alicyclic amines) is 1. The number of nitrogens with zero attached hydrogens (tertiary/aromatic N) is 2. The summed E-state index contributed by atoms with van der Waals surface area (Å²) in [4.78, 5) is 16.5. The molecule has 1 amide bonds. The molecule has 3 N–H and O–H groups in total. The van der Waals surface area contributed by atoms with Crippen molar-refractivity contribution in [2.45, 2.75) is 32.9 Å². The highest BCUT2D eigenvalue weighted by Gasteiger charge is 2.58. The van der Waals surface area contributed by atoms with Crippen LogP contribution in [0, 0.1) is 5.41 Å². The van der Waals surface area contributed by atoms with Gasteiger partial charge in [-0.1, -0.05) is 20.8 Å². The van der Waals surface area contributed by atoms with Crippen molar-refractivity contribution in [1.29, 1.82) is 0 Å². The first-order valence-electron chi connectivity index (χ1n) is 6.17. The Bertz CT molecular complexity index is 498. The van der Waals surface area contributed by atoms with Crippen molar-refractivity contribution in [3.8, 4) is 5.75 Å². The number of pyridine rings is 1. The van der Waals surface area contributed by atoms with Crippen molar-refractivity contribution < 1.29 is 14.6 Å². The third kappa shape index (κ3) is 2.07. The number of rotatable bonds is 2. The van der Waals surface area contributed by atoms with Gasteiger partial charge in [-0.15, -0.1) is 0 Å². The van der Waals surface area contributed by atoms with E-state index in [1.54, 1.807) is 12.3 Å². The minimum absolute atomic E-state index is 0.362. The largest absolute Gasteiger partial charge is 0.465 e. The summed E-state index contributed by atoms with van der Waals surface area (Å²) >= 11 is 0. The fraction of sp³-hybridized carbons (Fsp3) is 0.538. The summed E-state index contributed by atoms with van der Waals surface area (Å²) in [7, 11) is 0. The molecule has 2 heterocycles. The number of hydrogen-bond acceptors (Lipinski definition) is 4. The normalized spacial score (nSPS) is 22.8. The Labute approximate surface area is 112 Å². The quantitative estimate of drug-likeness (QED) is 0.855. The standard InChI is InChI=1S/C13H19N3O3/c1-12(2,3)13(5-7-16(13)11(17)18)19-10-4-6-15-8-9(10)14/h4,6,8H,5,7,14H2,1-3H3,(H,17,18). The molecule has 0 saturated carbocycles. The smallest absolute Gasteiger partial charge is 0.410 e. The lowest BCUT2D eigenvalue weighted by molar-refractivity contribution is -0.202. The van der Waals surface area contributed by atoms with Crippen LogP contribution in [0.5, 0.6) is 5.75 Å². The second-order valence-electron chi connectivity index (χ2n) is 5.73. The van der Waals surface area contributed by atoms with Crippen LogP contribution in [0.2, 0.25) is 0 Å². The molecule has 1 aromatic heterocycles. The van der Waals surface area contributed by atoms with Gasteiger partial charge in [0, 0.05) is 30.6 Å². The van der Waals surface area contributed by atoms with Gasteiger partial charge >= 0.3 is 6.09 Å². The summed E-state index contributed by atoms with van der Waals surface area (Å²) in [5.74, 6) is 0.468. The second kappa shape index (κ2) is 4.29. The molecule has 0 aromatic carbocycles. The van der Waals surface area contributed by atoms with Gasteiger partial charge in [-0.05, 0) is 0 Å². The van der Waals surface area contributed by atoms with E-state index < -0.39 is 11.8 Å². The Balaban J connectivity index is 2.36. The number of ether oxygens (including phenoxy) is 1. The maximum Gasteiger partial charge on any atom is 0.410 e. The van der Waals surface area contributed by atoms with E-state index in [-0.39, 0.29) is 5.41 Å².